The van der Waals surface area contributed by atoms with Crippen LogP contribution in [0.25, 0.3) is 0 Å². The number of nitrogens with one attached hydrogen (secondary N) is 1. The molecule has 2 nitrogen and oxygen atoms in total. The fraction of sp³-hybridized carbons (Fsp3) is 1.00. The number of nitrogens with zero attached hydrogens (tertiary/aromatic N) is 1. The predicted molar refractivity (Wildman–Crippen MR) is 65.0 cm³/mol. The van der Waals surface area contributed by atoms with E-state index in [0.717, 1.165) is 17.9 Å². The van der Waals surface area contributed by atoms with Crippen molar-refractivity contribution in [2.75, 3.05) is 26.7 Å². The van der Waals surface area contributed by atoms with E-state index >= 15 is 0 Å². The highest BCUT2D eigenvalue weighted by Crippen LogP contribution is 2.30. The first-order valence-corrected chi connectivity index (χ1v) is 6.68. The van der Waals surface area contributed by atoms with Crippen LogP contribution < -0.4 is 5.32 Å². The maximum atomic E-state index is 3.32. The Morgan fingerprint density at radius 1 is 1.13 bits per heavy atom. The summed E-state index contributed by atoms with van der Waals surface area (Å²) in [5.74, 6) is 1.89. The number of rotatable bonds is 3. The van der Waals surface area contributed by atoms with E-state index in [1.54, 1.807) is 0 Å². The van der Waals surface area contributed by atoms with Gasteiger partial charge >= 0.3 is 0 Å². The van der Waals surface area contributed by atoms with E-state index in [4.69, 9.17) is 0 Å². The molecule has 2 rings (SSSR count). The molecule has 0 aromatic carbocycles. The van der Waals surface area contributed by atoms with Gasteiger partial charge < -0.3 is 10.2 Å². The minimum absolute atomic E-state index is 0.919. The summed E-state index contributed by atoms with van der Waals surface area (Å²) >= 11 is 0. The van der Waals surface area contributed by atoms with Gasteiger partial charge in [0.05, 0.1) is 0 Å². The fourth-order valence-electron chi connectivity index (χ4n) is 3.30. The molecule has 0 aromatic rings. The average Bonchev–Trinajstić information content (AvgIpc) is 2.67. The highest BCUT2D eigenvalue weighted by Gasteiger charge is 2.29. The average molecular weight is 210 g/mol. The Kier molecular flexibility index (Phi) is 4.04. The molecule has 1 N–H and O–H groups in total. The molecule has 1 aliphatic carbocycles. The standard InChI is InChI=1S/C13H26N2/c1-11-7-8-15(10-11)13-5-3-12(4-6-13)9-14-2/h11-14H,3-10H2,1-2H3. The predicted octanol–water partition coefficient (Wildman–Crippen LogP) is 2.11. The third-order valence-electron chi connectivity index (χ3n) is 4.28. The third-order valence-corrected chi connectivity index (χ3v) is 4.28. The Labute approximate surface area is 94.4 Å². The van der Waals surface area contributed by atoms with Crippen LogP contribution >= 0.6 is 0 Å². The molecule has 0 aromatic heterocycles. The summed E-state index contributed by atoms with van der Waals surface area (Å²) in [5.41, 5.74) is 0. The van der Waals surface area contributed by atoms with Crippen molar-refractivity contribution in [3.05, 3.63) is 0 Å². The molecule has 2 fully saturated rings. The molecule has 1 saturated carbocycles. The molecule has 2 aliphatic rings. The van der Waals surface area contributed by atoms with Crippen molar-refractivity contribution < 1.29 is 0 Å². The summed E-state index contributed by atoms with van der Waals surface area (Å²) in [6.07, 6.45) is 7.20. The largest absolute Gasteiger partial charge is 0.319 e. The van der Waals surface area contributed by atoms with Gasteiger partial charge in [0.1, 0.15) is 0 Å². The minimum Gasteiger partial charge on any atom is -0.319 e. The molecule has 1 heterocycles. The van der Waals surface area contributed by atoms with Crippen LogP contribution in [0.15, 0.2) is 0 Å². The van der Waals surface area contributed by atoms with Gasteiger partial charge in [-0.15, -0.1) is 0 Å². The molecule has 2 heteroatoms. The third kappa shape index (κ3) is 2.94. The van der Waals surface area contributed by atoms with Crippen molar-refractivity contribution in [1.29, 1.82) is 0 Å². The van der Waals surface area contributed by atoms with Crippen molar-refractivity contribution in [3.63, 3.8) is 0 Å². The Morgan fingerprint density at radius 2 is 1.87 bits per heavy atom. The molecule has 0 radical (unpaired) electrons. The Morgan fingerprint density at radius 3 is 2.40 bits per heavy atom. The summed E-state index contributed by atoms with van der Waals surface area (Å²) in [6.45, 7) is 6.35. The SMILES string of the molecule is CNCC1CCC(N2CCC(C)C2)CC1. The number of hydrogen-bond donors (Lipinski definition) is 1. The van der Waals surface area contributed by atoms with Crippen LogP contribution in [0.2, 0.25) is 0 Å². The minimum atomic E-state index is 0.919. The van der Waals surface area contributed by atoms with Crippen LogP contribution in [0, 0.1) is 11.8 Å². The lowest BCUT2D eigenvalue weighted by atomic mass is 9.85. The molecule has 0 spiro atoms. The maximum absolute atomic E-state index is 3.32. The zero-order valence-electron chi connectivity index (χ0n) is 10.3. The van der Waals surface area contributed by atoms with Crippen LogP contribution in [-0.2, 0) is 0 Å². The van der Waals surface area contributed by atoms with E-state index in [9.17, 15) is 0 Å². The second-order valence-electron chi connectivity index (χ2n) is 5.62. The quantitative estimate of drug-likeness (QED) is 0.767. The van der Waals surface area contributed by atoms with E-state index in [2.05, 4.69) is 24.2 Å². The van der Waals surface area contributed by atoms with Crippen molar-refractivity contribution in [3.8, 4) is 0 Å². The van der Waals surface area contributed by atoms with Gasteiger partial charge in [-0.25, -0.2) is 0 Å². The van der Waals surface area contributed by atoms with E-state index in [1.165, 1.54) is 51.7 Å². The van der Waals surface area contributed by atoms with Gasteiger partial charge in [0, 0.05) is 12.6 Å². The Hall–Kier alpha value is -0.0800. The molecule has 15 heavy (non-hydrogen) atoms. The summed E-state index contributed by atoms with van der Waals surface area (Å²) in [4.78, 5) is 2.75. The van der Waals surface area contributed by atoms with Crippen molar-refractivity contribution in [1.82, 2.24) is 10.2 Å². The second-order valence-corrected chi connectivity index (χ2v) is 5.62. The van der Waals surface area contributed by atoms with Crippen molar-refractivity contribution >= 4 is 0 Å². The lowest BCUT2D eigenvalue weighted by molar-refractivity contribution is 0.160. The topological polar surface area (TPSA) is 15.3 Å². The number of likely N-dealkylation sites (tertiary alicyclic amines) is 1. The highest BCUT2D eigenvalue weighted by atomic mass is 15.2. The Balaban J connectivity index is 1.73. The second kappa shape index (κ2) is 5.31. The molecule has 0 bridgehead atoms. The molecule has 1 aliphatic heterocycles. The summed E-state index contributed by atoms with van der Waals surface area (Å²) in [6, 6.07) is 0.919. The van der Waals surface area contributed by atoms with Gasteiger partial charge in [0.25, 0.3) is 0 Å². The van der Waals surface area contributed by atoms with Crippen molar-refractivity contribution in [2.24, 2.45) is 11.8 Å². The maximum Gasteiger partial charge on any atom is 0.00955 e. The fourth-order valence-corrected chi connectivity index (χ4v) is 3.30. The Bertz CT molecular complexity index is 185. The van der Waals surface area contributed by atoms with Crippen LogP contribution in [0.5, 0.6) is 0 Å². The van der Waals surface area contributed by atoms with E-state index in [-0.39, 0.29) is 0 Å². The molecule has 1 unspecified atom stereocenters. The molecule has 0 amide bonds. The zero-order chi connectivity index (χ0) is 10.7. The first kappa shape index (κ1) is 11.4. The summed E-state index contributed by atoms with van der Waals surface area (Å²) in [7, 11) is 2.08. The van der Waals surface area contributed by atoms with Crippen LogP contribution in [0.1, 0.15) is 39.0 Å². The van der Waals surface area contributed by atoms with E-state index in [1.807, 2.05) is 0 Å². The van der Waals surface area contributed by atoms with Crippen LogP contribution in [0.3, 0.4) is 0 Å². The van der Waals surface area contributed by atoms with E-state index in [0.29, 0.717) is 0 Å². The molecule has 88 valence electrons. The van der Waals surface area contributed by atoms with Gasteiger partial charge in [-0.05, 0) is 64.1 Å². The normalized spacial score (nSPS) is 38.4. The molecular formula is C13H26N2. The molecule has 1 saturated heterocycles. The molecule has 1 atom stereocenters. The van der Waals surface area contributed by atoms with Crippen molar-refractivity contribution in [2.45, 2.75) is 45.1 Å². The lowest BCUT2D eigenvalue weighted by Gasteiger charge is -2.34. The number of hydrogen-bond acceptors (Lipinski definition) is 2. The summed E-state index contributed by atoms with van der Waals surface area (Å²) in [5, 5.41) is 3.32. The summed E-state index contributed by atoms with van der Waals surface area (Å²) < 4.78 is 0. The van der Waals surface area contributed by atoms with Crippen LogP contribution in [-0.4, -0.2) is 37.6 Å². The van der Waals surface area contributed by atoms with Gasteiger partial charge in [0.15, 0.2) is 0 Å². The molecular weight excluding hydrogens is 184 g/mol. The lowest BCUT2D eigenvalue weighted by Crippen LogP contribution is -2.37. The van der Waals surface area contributed by atoms with E-state index < -0.39 is 0 Å². The van der Waals surface area contributed by atoms with Gasteiger partial charge in [-0.1, -0.05) is 6.92 Å². The van der Waals surface area contributed by atoms with Gasteiger partial charge in [-0.3, -0.25) is 0 Å². The highest BCUT2D eigenvalue weighted by molar-refractivity contribution is 4.84. The van der Waals surface area contributed by atoms with Crippen LogP contribution in [0.4, 0.5) is 0 Å². The smallest absolute Gasteiger partial charge is 0.00955 e. The monoisotopic (exact) mass is 210 g/mol. The zero-order valence-corrected chi connectivity index (χ0v) is 10.3. The first-order valence-electron chi connectivity index (χ1n) is 6.68. The van der Waals surface area contributed by atoms with Gasteiger partial charge in [-0.2, -0.15) is 0 Å². The first-order chi connectivity index (χ1) is 7.29. The van der Waals surface area contributed by atoms with Gasteiger partial charge in [0.2, 0.25) is 0 Å².